The molecule has 2 unspecified atom stereocenters. The summed E-state index contributed by atoms with van der Waals surface area (Å²) in [6.45, 7) is 7.53. The van der Waals surface area contributed by atoms with Gasteiger partial charge in [0.1, 0.15) is 0 Å². The Bertz CT molecular complexity index is 429. The smallest absolute Gasteiger partial charge is 0.229 e. The van der Waals surface area contributed by atoms with Gasteiger partial charge in [0.2, 0.25) is 11.8 Å². The summed E-state index contributed by atoms with van der Waals surface area (Å²) in [5.74, 6) is 2.09. The average Bonchev–Trinajstić information content (AvgIpc) is 2.45. The molecule has 2 saturated heterocycles. The highest BCUT2D eigenvalue weighted by atomic mass is 127. The Morgan fingerprint density at radius 2 is 1.74 bits per heavy atom. The number of aliphatic imine (C=N–C) groups is 1. The Hall–Kier alpha value is -0.860. The number of imide groups is 1. The maximum atomic E-state index is 11.8. The van der Waals surface area contributed by atoms with Gasteiger partial charge in [0, 0.05) is 46.1 Å². The van der Waals surface area contributed by atoms with Crippen LogP contribution in [0.3, 0.4) is 0 Å². The summed E-state index contributed by atoms with van der Waals surface area (Å²) >= 11 is 0. The molecule has 0 saturated carbocycles. The lowest BCUT2D eigenvalue weighted by molar-refractivity contribution is -0.147. The molecule has 2 fully saturated rings. The van der Waals surface area contributed by atoms with Crippen LogP contribution >= 0.6 is 24.0 Å². The quantitative estimate of drug-likeness (QED) is 0.317. The van der Waals surface area contributed by atoms with Crippen LogP contribution in [0.25, 0.3) is 0 Å². The monoisotopic (exact) mass is 436 g/mol. The molecule has 2 aliphatic heterocycles. The predicted octanol–water partition coefficient (Wildman–Crippen LogP) is 1.70. The minimum absolute atomic E-state index is 0. The molecule has 0 aliphatic carbocycles. The normalized spacial score (nSPS) is 26.1. The second-order valence-electron chi connectivity index (χ2n) is 6.62. The Labute approximate surface area is 156 Å². The van der Waals surface area contributed by atoms with E-state index in [1.165, 1.54) is 11.3 Å². The summed E-state index contributed by atoms with van der Waals surface area (Å²) in [6, 6.07) is 0. The first-order valence-corrected chi connectivity index (χ1v) is 8.30. The minimum atomic E-state index is -0.0479. The van der Waals surface area contributed by atoms with Gasteiger partial charge in [-0.15, -0.1) is 24.0 Å². The number of halogens is 1. The summed E-state index contributed by atoms with van der Waals surface area (Å²) in [4.78, 5) is 31.5. The summed E-state index contributed by atoms with van der Waals surface area (Å²) in [6.07, 6.45) is 2.92. The highest BCUT2D eigenvalue weighted by Gasteiger charge is 2.26. The standard InChI is InChI=1S/C16H28N4O2.HI/c1-12-9-13(2)11-19(10-12)16(17-3)18-7-8-20-14(21)5-4-6-15(20)22;/h12-13H,4-11H2,1-3H3,(H,17,18);1H. The van der Waals surface area contributed by atoms with E-state index in [9.17, 15) is 9.59 Å². The highest BCUT2D eigenvalue weighted by Crippen LogP contribution is 2.20. The number of piperidine rings is 2. The lowest BCUT2D eigenvalue weighted by Crippen LogP contribution is -2.51. The number of amides is 2. The molecule has 132 valence electrons. The third-order valence-corrected chi connectivity index (χ3v) is 4.38. The van der Waals surface area contributed by atoms with E-state index in [0.29, 0.717) is 44.2 Å². The van der Waals surface area contributed by atoms with Crippen LogP contribution in [0.4, 0.5) is 0 Å². The van der Waals surface area contributed by atoms with E-state index in [1.807, 2.05) is 0 Å². The first-order valence-electron chi connectivity index (χ1n) is 8.30. The van der Waals surface area contributed by atoms with E-state index in [4.69, 9.17) is 0 Å². The van der Waals surface area contributed by atoms with Crippen molar-refractivity contribution in [3.63, 3.8) is 0 Å². The molecule has 6 nitrogen and oxygen atoms in total. The van der Waals surface area contributed by atoms with Crippen molar-refractivity contribution in [2.75, 3.05) is 33.2 Å². The van der Waals surface area contributed by atoms with E-state index >= 15 is 0 Å². The fourth-order valence-corrected chi connectivity index (χ4v) is 3.50. The molecule has 1 N–H and O–H groups in total. The Kier molecular flexibility index (Phi) is 8.28. The van der Waals surface area contributed by atoms with E-state index in [0.717, 1.165) is 19.0 Å². The molecule has 0 aromatic carbocycles. The van der Waals surface area contributed by atoms with Crippen LogP contribution in [0.5, 0.6) is 0 Å². The van der Waals surface area contributed by atoms with Crippen molar-refractivity contribution >= 4 is 41.8 Å². The lowest BCUT2D eigenvalue weighted by Gasteiger charge is -2.37. The zero-order valence-electron chi connectivity index (χ0n) is 14.4. The van der Waals surface area contributed by atoms with E-state index in [2.05, 4.69) is 29.1 Å². The highest BCUT2D eigenvalue weighted by molar-refractivity contribution is 14.0. The second kappa shape index (κ2) is 9.44. The zero-order chi connectivity index (χ0) is 16.1. The molecule has 2 amide bonds. The van der Waals surface area contributed by atoms with Crippen LogP contribution in [-0.4, -0.2) is 60.8 Å². The van der Waals surface area contributed by atoms with Crippen LogP contribution in [0.1, 0.15) is 39.5 Å². The van der Waals surface area contributed by atoms with Gasteiger partial charge in [0.05, 0.1) is 0 Å². The molecular weight excluding hydrogens is 407 g/mol. The molecule has 0 aromatic heterocycles. The molecule has 0 aromatic rings. The fraction of sp³-hybridized carbons (Fsp3) is 0.812. The molecule has 2 rings (SSSR count). The van der Waals surface area contributed by atoms with Gasteiger partial charge in [-0.2, -0.15) is 0 Å². The Morgan fingerprint density at radius 1 is 1.17 bits per heavy atom. The van der Waals surface area contributed by atoms with E-state index < -0.39 is 0 Å². The van der Waals surface area contributed by atoms with Gasteiger partial charge >= 0.3 is 0 Å². The summed E-state index contributed by atoms with van der Waals surface area (Å²) in [7, 11) is 1.78. The summed E-state index contributed by atoms with van der Waals surface area (Å²) in [5.41, 5.74) is 0. The number of nitrogens with zero attached hydrogens (tertiary/aromatic N) is 3. The second-order valence-corrected chi connectivity index (χ2v) is 6.62. The van der Waals surface area contributed by atoms with Crippen molar-refractivity contribution < 1.29 is 9.59 Å². The van der Waals surface area contributed by atoms with Crippen LogP contribution in [-0.2, 0) is 9.59 Å². The van der Waals surface area contributed by atoms with Crippen LogP contribution in [0, 0.1) is 11.8 Å². The van der Waals surface area contributed by atoms with Crippen LogP contribution in [0.15, 0.2) is 4.99 Å². The Balaban J connectivity index is 0.00000264. The van der Waals surface area contributed by atoms with E-state index in [1.54, 1.807) is 7.05 Å². The van der Waals surface area contributed by atoms with Crippen LogP contribution < -0.4 is 5.32 Å². The number of hydrogen-bond acceptors (Lipinski definition) is 3. The van der Waals surface area contributed by atoms with Crippen molar-refractivity contribution in [3.8, 4) is 0 Å². The van der Waals surface area contributed by atoms with Gasteiger partial charge in [-0.25, -0.2) is 0 Å². The molecule has 2 atom stereocenters. The van der Waals surface area contributed by atoms with Gasteiger partial charge < -0.3 is 10.2 Å². The predicted molar refractivity (Wildman–Crippen MR) is 102 cm³/mol. The first kappa shape index (κ1) is 20.2. The van der Waals surface area contributed by atoms with Gasteiger partial charge in [-0.05, 0) is 24.7 Å². The molecular formula is C16H29IN4O2. The summed E-state index contributed by atoms with van der Waals surface area (Å²) in [5, 5.41) is 3.30. The van der Waals surface area contributed by atoms with Crippen molar-refractivity contribution in [3.05, 3.63) is 0 Å². The number of nitrogens with one attached hydrogen (secondary N) is 1. The molecule has 7 heteroatoms. The third kappa shape index (κ3) is 5.61. The van der Waals surface area contributed by atoms with Gasteiger partial charge in [-0.3, -0.25) is 19.5 Å². The summed E-state index contributed by atoms with van der Waals surface area (Å²) < 4.78 is 0. The van der Waals surface area contributed by atoms with Crippen LogP contribution in [0.2, 0.25) is 0 Å². The number of likely N-dealkylation sites (tertiary alicyclic amines) is 2. The van der Waals surface area contributed by atoms with Gasteiger partial charge in [0.15, 0.2) is 5.96 Å². The number of guanidine groups is 1. The lowest BCUT2D eigenvalue weighted by atomic mass is 9.92. The van der Waals surface area contributed by atoms with Gasteiger partial charge in [0.25, 0.3) is 0 Å². The minimum Gasteiger partial charge on any atom is -0.354 e. The van der Waals surface area contributed by atoms with Crippen molar-refractivity contribution in [2.24, 2.45) is 16.8 Å². The molecule has 2 aliphatic rings. The first-order chi connectivity index (χ1) is 10.5. The molecule has 0 spiro atoms. The maximum Gasteiger partial charge on any atom is 0.229 e. The molecule has 0 radical (unpaired) electrons. The number of hydrogen-bond donors (Lipinski definition) is 1. The van der Waals surface area contributed by atoms with Crippen molar-refractivity contribution in [2.45, 2.75) is 39.5 Å². The maximum absolute atomic E-state index is 11.8. The largest absolute Gasteiger partial charge is 0.354 e. The van der Waals surface area contributed by atoms with E-state index in [-0.39, 0.29) is 35.8 Å². The number of rotatable bonds is 3. The topological polar surface area (TPSA) is 65.0 Å². The molecule has 23 heavy (non-hydrogen) atoms. The average molecular weight is 436 g/mol. The third-order valence-electron chi connectivity index (χ3n) is 4.38. The SMILES string of the molecule is CN=C(NCCN1C(=O)CCCC1=O)N1CC(C)CC(C)C1.I. The van der Waals surface area contributed by atoms with Gasteiger partial charge in [-0.1, -0.05) is 13.8 Å². The number of carbonyl (C=O) groups is 2. The Morgan fingerprint density at radius 3 is 2.26 bits per heavy atom. The zero-order valence-corrected chi connectivity index (χ0v) is 16.7. The molecule has 2 heterocycles. The van der Waals surface area contributed by atoms with Crippen molar-refractivity contribution in [1.29, 1.82) is 0 Å². The molecule has 0 bridgehead atoms. The van der Waals surface area contributed by atoms with Crippen molar-refractivity contribution in [1.82, 2.24) is 15.1 Å². The fourth-order valence-electron chi connectivity index (χ4n) is 3.50. The number of carbonyl (C=O) groups excluding carboxylic acids is 2.